The molecule has 1 amide bonds. The van der Waals surface area contributed by atoms with Crippen LogP contribution in [0.1, 0.15) is 52.4 Å². The van der Waals surface area contributed by atoms with E-state index in [1.165, 1.54) is 11.0 Å². The minimum atomic E-state index is -4.53. The number of carbonyl (C=O) groups excluding carboxylic acids is 1. The maximum atomic E-state index is 14.1. The quantitative estimate of drug-likeness (QED) is 0.455. The van der Waals surface area contributed by atoms with Crippen LogP contribution in [0.2, 0.25) is 0 Å². The summed E-state index contributed by atoms with van der Waals surface area (Å²) >= 11 is 0. The van der Waals surface area contributed by atoms with Crippen molar-refractivity contribution in [1.29, 1.82) is 0 Å². The van der Waals surface area contributed by atoms with Gasteiger partial charge in [-0.25, -0.2) is 15.0 Å². The van der Waals surface area contributed by atoms with Crippen molar-refractivity contribution in [3.8, 4) is 0 Å². The van der Waals surface area contributed by atoms with Gasteiger partial charge < -0.3 is 25.4 Å². The number of aliphatic hydroxyl groups excluding tert-OH is 1. The van der Waals surface area contributed by atoms with Crippen molar-refractivity contribution < 1.29 is 27.8 Å². The van der Waals surface area contributed by atoms with Gasteiger partial charge in [0.1, 0.15) is 5.82 Å². The second kappa shape index (κ2) is 10.8. The maximum Gasteiger partial charge on any atom is 0.417 e. The number of halogens is 3. The number of guanidine groups is 1. The van der Waals surface area contributed by atoms with Gasteiger partial charge in [-0.05, 0) is 43.3 Å². The Bertz CT molecular complexity index is 1400. The van der Waals surface area contributed by atoms with Gasteiger partial charge in [0.15, 0.2) is 5.96 Å². The molecule has 40 heavy (non-hydrogen) atoms. The van der Waals surface area contributed by atoms with E-state index in [4.69, 9.17) is 10.5 Å². The predicted octanol–water partition coefficient (Wildman–Crippen LogP) is 3.16. The van der Waals surface area contributed by atoms with Gasteiger partial charge in [0.05, 0.1) is 48.3 Å². The maximum absolute atomic E-state index is 14.1. The molecule has 2 aromatic heterocycles. The number of pyridine rings is 1. The lowest BCUT2D eigenvalue weighted by molar-refractivity contribution is -0.137. The second-order valence-corrected chi connectivity index (χ2v) is 9.66. The van der Waals surface area contributed by atoms with Crippen LogP contribution in [0.4, 0.5) is 18.9 Å². The lowest BCUT2D eigenvalue weighted by Gasteiger charge is -2.50. The zero-order valence-electron chi connectivity index (χ0n) is 21.7. The molecule has 0 saturated carbocycles. The summed E-state index contributed by atoms with van der Waals surface area (Å²) in [7, 11) is 0. The number of nitrogens with zero attached hydrogens (tertiary/aromatic N) is 6. The largest absolute Gasteiger partial charge is 0.417 e. The van der Waals surface area contributed by atoms with E-state index in [2.05, 4.69) is 19.9 Å². The Morgan fingerprint density at radius 2 is 2.00 bits per heavy atom. The average Bonchev–Trinajstić information content (AvgIpc) is 2.95. The summed E-state index contributed by atoms with van der Waals surface area (Å²) in [5.41, 5.74) is 6.42. The van der Waals surface area contributed by atoms with E-state index in [0.29, 0.717) is 48.2 Å². The fourth-order valence-electron chi connectivity index (χ4n) is 5.17. The van der Waals surface area contributed by atoms with E-state index in [-0.39, 0.29) is 25.5 Å². The first kappa shape index (κ1) is 27.5. The molecule has 5 rings (SSSR count). The normalized spacial score (nSPS) is 19.3. The van der Waals surface area contributed by atoms with E-state index < -0.39 is 29.2 Å². The number of carbonyl (C=O) groups is 1. The number of aliphatic imine (C=N–C) groups is 1. The molecule has 0 unspecified atom stereocenters. The van der Waals surface area contributed by atoms with Gasteiger partial charge in [0.2, 0.25) is 0 Å². The van der Waals surface area contributed by atoms with Gasteiger partial charge in [0.25, 0.3) is 5.91 Å². The van der Waals surface area contributed by atoms with Crippen molar-refractivity contribution in [1.82, 2.24) is 24.8 Å². The molecule has 13 heteroatoms. The van der Waals surface area contributed by atoms with Crippen molar-refractivity contribution >= 4 is 17.6 Å². The molecule has 1 fully saturated rings. The molecule has 4 heterocycles. The summed E-state index contributed by atoms with van der Waals surface area (Å²) in [6, 6.07) is 8.23. The van der Waals surface area contributed by atoms with Gasteiger partial charge in [0, 0.05) is 49.3 Å². The number of aliphatic hydroxyl groups is 1. The number of ether oxygens (including phenoxy) is 1. The lowest BCUT2D eigenvalue weighted by Crippen LogP contribution is -2.60. The molecule has 2 atom stereocenters. The van der Waals surface area contributed by atoms with Crippen LogP contribution in [0, 0.1) is 0 Å². The number of rotatable bonds is 7. The molecule has 2 aliphatic rings. The Hall–Kier alpha value is -4.10. The van der Waals surface area contributed by atoms with Crippen LogP contribution in [0.25, 0.3) is 0 Å². The number of alkyl halides is 3. The van der Waals surface area contributed by atoms with Crippen LogP contribution in [0.5, 0.6) is 0 Å². The summed E-state index contributed by atoms with van der Waals surface area (Å²) in [5, 5.41) is 9.93. The fraction of sp³-hybridized carbons (Fsp3) is 0.370. The molecule has 210 valence electrons. The highest BCUT2D eigenvalue weighted by molar-refractivity contribution is 5.96. The van der Waals surface area contributed by atoms with E-state index in [1.807, 2.05) is 4.90 Å². The molecule has 10 nitrogen and oxygen atoms in total. The van der Waals surface area contributed by atoms with Gasteiger partial charge in [-0.3, -0.25) is 9.78 Å². The summed E-state index contributed by atoms with van der Waals surface area (Å²) in [6.45, 7) is 2.68. The fourth-order valence-corrected chi connectivity index (χ4v) is 5.17. The summed E-state index contributed by atoms with van der Waals surface area (Å²) < 4.78 is 45.0. The molecule has 0 radical (unpaired) electrons. The highest BCUT2D eigenvalue weighted by Gasteiger charge is 2.46. The number of amides is 1. The Morgan fingerprint density at radius 1 is 1.23 bits per heavy atom. The second-order valence-electron chi connectivity index (χ2n) is 9.66. The van der Waals surface area contributed by atoms with Crippen molar-refractivity contribution in [3.05, 3.63) is 83.2 Å². The Morgan fingerprint density at radius 3 is 2.67 bits per heavy atom. The topological polar surface area (TPSA) is 130 Å². The first-order chi connectivity index (χ1) is 19.1. The summed E-state index contributed by atoms with van der Waals surface area (Å²) in [4.78, 5) is 34.5. The van der Waals surface area contributed by atoms with Crippen molar-refractivity contribution in [2.75, 3.05) is 26.4 Å². The zero-order valence-corrected chi connectivity index (χ0v) is 21.7. The van der Waals surface area contributed by atoms with E-state index in [9.17, 15) is 23.1 Å². The van der Waals surface area contributed by atoms with Gasteiger partial charge >= 0.3 is 6.18 Å². The van der Waals surface area contributed by atoms with Crippen LogP contribution in [-0.2, 0) is 23.0 Å². The predicted molar refractivity (Wildman–Crippen MR) is 138 cm³/mol. The lowest BCUT2D eigenvalue weighted by atomic mass is 9.81. The number of morpholine rings is 1. The number of nitrogens with two attached hydrogens (primary N) is 1. The van der Waals surface area contributed by atoms with Gasteiger partial charge in [-0.15, -0.1) is 0 Å². The molecule has 1 saturated heterocycles. The molecule has 1 aromatic carbocycles. The molecular formula is C27H28F3N7O3. The van der Waals surface area contributed by atoms with Crippen LogP contribution < -0.4 is 5.73 Å². The standard InChI is InChI=1S/C27H28F3N7O3/c1-17(23-32-8-2-9-33-23)36(15-20-5-4-19(14-34-20)27(28,29)30)24(39)18-3-6-22-21(13-18)26(7-11-38)16-40-12-10-37(26)25(31)35-22/h2-6,8-9,13-14,17,38H,7,10-12,15-16H2,1H3,(H2,31,35)/t17-,26-/m1/s1. The third-order valence-corrected chi connectivity index (χ3v) is 7.27. The monoisotopic (exact) mass is 555 g/mol. The third kappa shape index (κ3) is 5.09. The van der Waals surface area contributed by atoms with Crippen LogP contribution in [0.15, 0.2) is 60.0 Å². The molecule has 0 bridgehead atoms. The SMILES string of the molecule is C[C@H](c1ncccn1)N(Cc1ccc(C(F)(F)F)cn1)C(=O)c1ccc2c(c1)[C@@]1(CCO)COCCN1C(N)=N2. The Balaban J connectivity index is 1.54. The highest BCUT2D eigenvalue weighted by Crippen LogP contribution is 2.43. The first-order valence-electron chi connectivity index (χ1n) is 12.7. The van der Waals surface area contributed by atoms with Crippen LogP contribution >= 0.6 is 0 Å². The van der Waals surface area contributed by atoms with Crippen molar-refractivity contribution in [3.63, 3.8) is 0 Å². The van der Waals surface area contributed by atoms with Crippen LogP contribution in [0.3, 0.4) is 0 Å². The average molecular weight is 556 g/mol. The number of hydrogen-bond donors (Lipinski definition) is 2. The summed E-state index contributed by atoms with van der Waals surface area (Å²) in [5.74, 6) is 0.268. The molecular weight excluding hydrogens is 527 g/mol. The van der Waals surface area contributed by atoms with E-state index in [1.54, 1.807) is 43.6 Å². The Labute approximate surface area is 228 Å². The minimum Gasteiger partial charge on any atom is -0.396 e. The molecule has 3 N–H and O–H groups in total. The van der Waals surface area contributed by atoms with E-state index in [0.717, 1.165) is 12.3 Å². The number of aromatic nitrogens is 3. The minimum absolute atomic E-state index is 0.0877. The number of hydrogen-bond acceptors (Lipinski definition) is 9. The number of fused-ring (bicyclic) bond motifs is 3. The molecule has 2 aliphatic heterocycles. The van der Waals surface area contributed by atoms with Gasteiger partial charge in [-0.1, -0.05) is 0 Å². The molecule has 0 aliphatic carbocycles. The summed E-state index contributed by atoms with van der Waals surface area (Å²) in [6.07, 6.45) is -0.367. The third-order valence-electron chi connectivity index (χ3n) is 7.27. The molecule has 0 spiro atoms. The van der Waals surface area contributed by atoms with Gasteiger partial charge in [-0.2, -0.15) is 13.2 Å². The zero-order chi connectivity index (χ0) is 28.5. The first-order valence-corrected chi connectivity index (χ1v) is 12.7. The van der Waals surface area contributed by atoms with Crippen LogP contribution in [-0.4, -0.2) is 68.1 Å². The molecule has 3 aromatic rings. The number of benzene rings is 1. The van der Waals surface area contributed by atoms with E-state index >= 15 is 0 Å². The van der Waals surface area contributed by atoms with Crippen molar-refractivity contribution in [2.24, 2.45) is 10.7 Å². The van der Waals surface area contributed by atoms with Crippen molar-refractivity contribution in [2.45, 2.75) is 37.6 Å². The Kier molecular flexibility index (Phi) is 7.43. The highest BCUT2D eigenvalue weighted by atomic mass is 19.4. The smallest absolute Gasteiger partial charge is 0.396 e.